The quantitative estimate of drug-likeness (QED) is 0.663. The van der Waals surface area contributed by atoms with Crippen molar-refractivity contribution in [3.63, 3.8) is 0 Å². The van der Waals surface area contributed by atoms with Gasteiger partial charge in [0.2, 0.25) is 5.91 Å². The van der Waals surface area contributed by atoms with Crippen molar-refractivity contribution in [2.24, 2.45) is 0 Å². The molecule has 1 amide bonds. The van der Waals surface area contributed by atoms with Gasteiger partial charge in [-0.3, -0.25) is 4.79 Å². The highest BCUT2D eigenvalue weighted by Gasteiger charge is 2.06. The van der Waals surface area contributed by atoms with E-state index in [1.165, 1.54) is 0 Å². The SMILES string of the molecule is COc1ccc(CCNC(=O)CCSc2ccc(Cl)cc2)cc1OC. The van der Waals surface area contributed by atoms with E-state index in [0.29, 0.717) is 24.5 Å². The summed E-state index contributed by atoms with van der Waals surface area (Å²) in [4.78, 5) is 13.0. The molecule has 2 aromatic rings. The molecule has 25 heavy (non-hydrogen) atoms. The maximum Gasteiger partial charge on any atom is 0.220 e. The second-order valence-corrected chi connectivity index (χ2v) is 6.95. The maximum atomic E-state index is 11.9. The summed E-state index contributed by atoms with van der Waals surface area (Å²) < 4.78 is 10.5. The number of nitrogens with one attached hydrogen (secondary N) is 1. The third kappa shape index (κ3) is 6.52. The summed E-state index contributed by atoms with van der Waals surface area (Å²) in [5, 5.41) is 3.67. The third-order valence-electron chi connectivity index (χ3n) is 3.60. The molecule has 134 valence electrons. The van der Waals surface area contributed by atoms with E-state index in [1.807, 2.05) is 42.5 Å². The van der Waals surface area contributed by atoms with E-state index < -0.39 is 0 Å². The van der Waals surface area contributed by atoms with Gasteiger partial charge in [-0.25, -0.2) is 0 Å². The Morgan fingerprint density at radius 3 is 2.48 bits per heavy atom. The van der Waals surface area contributed by atoms with Crippen LogP contribution in [-0.4, -0.2) is 32.4 Å². The van der Waals surface area contributed by atoms with Crippen molar-refractivity contribution in [3.8, 4) is 11.5 Å². The molecule has 0 spiro atoms. The van der Waals surface area contributed by atoms with Crippen LogP contribution in [0.15, 0.2) is 47.4 Å². The molecule has 0 saturated heterocycles. The number of carbonyl (C=O) groups is 1. The zero-order valence-electron chi connectivity index (χ0n) is 14.4. The van der Waals surface area contributed by atoms with Crippen molar-refractivity contribution >= 4 is 29.3 Å². The van der Waals surface area contributed by atoms with Gasteiger partial charge in [0, 0.05) is 28.6 Å². The lowest BCUT2D eigenvalue weighted by molar-refractivity contribution is -0.120. The van der Waals surface area contributed by atoms with Crippen LogP contribution < -0.4 is 14.8 Å². The molecule has 0 aliphatic rings. The Morgan fingerprint density at radius 1 is 1.08 bits per heavy atom. The third-order valence-corrected chi connectivity index (χ3v) is 4.86. The zero-order valence-corrected chi connectivity index (χ0v) is 16.0. The maximum absolute atomic E-state index is 11.9. The van der Waals surface area contributed by atoms with Crippen LogP contribution in [0, 0.1) is 0 Å². The van der Waals surface area contributed by atoms with Crippen LogP contribution in [-0.2, 0) is 11.2 Å². The lowest BCUT2D eigenvalue weighted by Gasteiger charge is -2.10. The number of carbonyl (C=O) groups excluding carboxylic acids is 1. The van der Waals surface area contributed by atoms with Crippen LogP contribution in [0.1, 0.15) is 12.0 Å². The Bertz CT molecular complexity index is 692. The molecule has 0 unspecified atom stereocenters. The first kappa shape index (κ1) is 19.5. The zero-order chi connectivity index (χ0) is 18.1. The number of thioether (sulfide) groups is 1. The van der Waals surface area contributed by atoms with Crippen LogP contribution in [0.2, 0.25) is 5.02 Å². The molecule has 0 radical (unpaired) electrons. The first-order chi connectivity index (χ1) is 12.1. The van der Waals surface area contributed by atoms with Crippen molar-refractivity contribution in [1.29, 1.82) is 0 Å². The first-order valence-electron chi connectivity index (χ1n) is 7.98. The highest BCUT2D eigenvalue weighted by molar-refractivity contribution is 7.99. The molecule has 0 fully saturated rings. The molecule has 6 heteroatoms. The van der Waals surface area contributed by atoms with Gasteiger partial charge < -0.3 is 14.8 Å². The molecule has 0 aliphatic carbocycles. The summed E-state index contributed by atoms with van der Waals surface area (Å²) >= 11 is 7.50. The fourth-order valence-corrected chi connectivity index (χ4v) is 3.24. The summed E-state index contributed by atoms with van der Waals surface area (Å²) in [5.41, 5.74) is 1.09. The van der Waals surface area contributed by atoms with Gasteiger partial charge in [-0.05, 0) is 48.4 Å². The smallest absolute Gasteiger partial charge is 0.220 e. The molecule has 0 aliphatic heterocycles. The second-order valence-electron chi connectivity index (χ2n) is 5.34. The van der Waals surface area contributed by atoms with E-state index in [2.05, 4.69) is 5.32 Å². The molecule has 2 rings (SSSR count). The molecule has 0 atom stereocenters. The normalized spacial score (nSPS) is 10.4. The fourth-order valence-electron chi connectivity index (χ4n) is 2.26. The minimum absolute atomic E-state index is 0.0574. The molecule has 4 nitrogen and oxygen atoms in total. The van der Waals surface area contributed by atoms with Gasteiger partial charge in [-0.15, -0.1) is 11.8 Å². The lowest BCUT2D eigenvalue weighted by atomic mass is 10.1. The second kappa shape index (κ2) is 10.2. The van der Waals surface area contributed by atoms with E-state index in [9.17, 15) is 4.79 Å². The summed E-state index contributed by atoms with van der Waals surface area (Å²) in [6.45, 7) is 0.597. The van der Waals surface area contributed by atoms with Crippen LogP contribution in [0.4, 0.5) is 0 Å². The summed E-state index contributed by atoms with van der Waals surface area (Å²) in [5.74, 6) is 2.20. The van der Waals surface area contributed by atoms with E-state index in [1.54, 1.807) is 26.0 Å². The Balaban J connectivity index is 1.69. The van der Waals surface area contributed by atoms with Crippen molar-refractivity contribution < 1.29 is 14.3 Å². The molecule has 0 aromatic heterocycles. The van der Waals surface area contributed by atoms with Gasteiger partial charge >= 0.3 is 0 Å². The number of amides is 1. The van der Waals surface area contributed by atoms with Crippen molar-refractivity contribution in [3.05, 3.63) is 53.1 Å². The van der Waals surface area contributed by atoms with Gasteiger partial charge in [0.25, 0.3) is 0 Å². The molecular formula is C19H22ClNO3S. The topological polar surface area (TPSA) is 47.6 Å². The number of halogens is 1. The molecule has 2 aromatic carbocycles. The van der Waals surface area contributed by atoms with Crippen LogP contribution in [0.25, 0.3) is 0 Å². The minimum atomic E-state index is 0.0574. The fraction of sp³-hybridized carbons (Fsp3) is 0.316. The minimum Gasteiger partial charge on any atom is -0.493 e. The molecule has 0 saturated carbocycles. The van der Waals surface area contributed by atoms with E-state index in [4.69, 9.17) is 21.1 Å². The average molecular weight is 380 g/mol. The lowest BCUT2D eigenvalue weighted by Crippen LogP contribution is -2.25. The number of benzene rings is 2. The van der Waals surface area contributed by atoms with Crippen LogP contribution in [0.5, 0.6) is 11.5 Å². The largest absolute Gasteiger partial charge is 0.493 e. The van der Waals surface area contributed by atoms with Gasteiger partial charge in [-0.2, -0.15) is 0 Å². The predicted octanol–water partition coefficient (Wildman–Crippen LogP) is 4.20. The molecular weight excluding hydrogens is 358 g/mol. The van der Waals surface area contributed by atoms with Crippen molar-refractivity contribution in [1.82, 2.24) is 5.32 Å². The van der Waals surface area contributed by atoms with Crippen molar-refractivity contribution in [2.45, 2.75) is 17.7 Å². The highest BCUT2D eigenvalue weighted by Crippen LogP contribution is 2.27. The molecule has 1 N–H and O–H groups in total. The Morgan fingerprint density at radius 2 is 1.80 bits per heavy atom. The van der Waals surface area contributed by atoms with Gasteiger partial charge in [-0.1, -0.05) is 17.7 Å². The van der Waals surface area contributed by atoms with E-state index in [0.717, 1.165) is 27.7 Å². The Kier molecular flexibility index (Phi) is 7.95. The molecule has 0 bridgehead atoms. The standard InChI is InChI=1S/C19H22ClNO3S/c1-23-17-8-3-14(13-18(17)24-2)9-11-21-19(22)10-12-25-16-6-4-15(20)5-7-16/h3-8,13H,9-12H2,1-2H3,(H,21,22). The Hall–Kier alpha value is -1.85. The summed E-state index contributed by atoms with van der Waals surface area (Å²) in [6, 6.07) is 13.4. The van der Waals surface area contributed by atoms with Gasteiger partial charge in [0.05, 0.1) is 14.2 Å². The van der Waals surface area contributed by atoms with E-state index in [-0.39, 0.29) is 5.91 Å². The summed E-state index contributed by atoms with van der Waals surface area (Å²) in [7, 11) is 3.22. The average Bonchev–Trinajstić information content (AvgIpc) is 2.63. The number of rotatable bonds is 9. The monoisotopic (exact) mass is 379 g/mol. The van der Waals surface area contributed by atoms with Gasteiger partial charge in [0.15, 0.2) is 11.5 Å². The Labute approximate surface area is 157 Å². The van der Waals surface area contributed by atoms with Crippen LogP contribution >= 0.6 is 23.4 Å². The van der Waals surface area contributed by atoms with Crippen molar-refractivity contribution in [2.75, 3.05) is 26.5 Å². The van der Waals surface area contributed by atoms with Gasteiger partial charge in [0.1, 0.15) is 0 Å². The number of hydrogen-bond donors (Lipinski definition) is 1. The summed E-state index contributed by atoms with van der Waals surface area (Å²) in [6.07, 6.45) is 1.23. The number of methoxy groups -OCH3 is 2. The predicted molar refractivity (Wildman–Crippen MR) is 103 cm³/mol. The molecule has 0 heterocycles. The van der Waals surface area contributed by atoms with Crippen LogP contribution in [0.3, 0.4) is 0 Å². The highest BCUT2D eigenvalue weighted by atomic mass is 35.5. The number of hydrogen-bond acceptors (Lipinski definition) is 4. The number of ether oxygens (including phenoxy) is 2. The first-order valence-corrected chi connectivity index (χ1v) is 9.34. The van der Waals surface area contributed by atoms with E-state index >= 15 is 0 Å².